The predicted octanol–water partition coefficient (Wildman–Crippen LogP) is 4.03. The summed E-state index contributed by atoms with van der Waals surface area (Å²) in [7, 11) is 1.73. The van der Waals surface area contributed by atoms with Crippen molar-refractivity contribution in [2.24, 2.45) is 7.05 Å². The Labute approximate surface area is 159 Å². The highest BCUT2D eigenvalue weighted by atomic mass is 32.2. The third-order valence-electron chi connectivity index (χ3n) is 4.83. The summed E-state index contributed by atoms with van der Waals surface area (Å²) in [5.74, 6) is 1.33. The van der Waals surface area contributed by atoms with E-state index in [0.717, 1.165) is 16.4 Å². The summed E-state index contributed by atoms with van der Waals surface area (Å²) >= 11 is 1.63. The third kappa shape index (κ3) is 2.52. The molecule has 5 rings (SSSR count). The first-order valence-corrected chi connectivity index (χ1v) is 9.65. The number of nitrogens with zero attached hydrogens (tertiary/aromatic N) is 4. The third-order valence-corrected chi connectivity index (χ3v) is 5.81. The molecule has 0 bridgehead atoms. The second-order valence-corrected chi connectivity index (χ2v) is 7.37. The van der Waals surface area contributed by atoms with Crippen molar-refractivity contribution in [3.63, 3.8) is 0 Å². The highest BCUT2D eigenvalue weighted by molar-refractivity contribution is 7.98. The second-order valence-electron chi connectivity index (χ2n) is 6.43. The molecular weight excluding hydrogens is 356 g/mol. The van der Waals surface area contributed by atoms with Gasteiger partial charge in [0.15, 0.2) is 5.16 Å². The van der Waals surface area contributed by atoms with Crippen LogP contribution in [0, 0.1) is 0 Å². The summed E-state index contributed by atoms with van der Waals surface area (Å²) in [5, 5.41) is 12.5. The lowest BCUT2D eigenvalue weighted by Crippen LogP contribution is -2.20. The number of benzene rings is 3. The molecule has 0 aliphatic rings. The van der Waals surface area contributed by atoms with E-state index >= 15 is 0 Å². The molecule has 0 aliphatic carbocycles. The highest BCUT2D eigenvalue weighted by Gasteiger charge is 2.15. The van der Waals surface area contributed by atoms with Gasteiger partial charge in [0.1, 0.15) is 0 Å². The molecule has 0 fully saturated rings. The maximum atomic E-state index is 12.6. The molecule has 5 nitrogen and oxygen atoms in total. The summed E-state index contributed by atoms with van der Waals surface area (Å²) in [6, 6.07) is 22.3. The predicted molar refractivity (Wildman–Crippen MR) is 109 cm³/mol. The zero-order chi connectivity index (χ0) is 18.4. The SMILES string of the molecule is Cn1c(=O)c2ccccc2n2c(SCc3cccc4ccccc34)nnc12. The Kier molecular flexibility index (Phi) is 3.72. The van der Waals surface area contributed by atoms with Gasteiger partial charge in [0.2, 0.25) is 5.78 Å². The van der Waals surface area contributed by atoms with Gasteiger partial charge in [-0.2, -0.15) is 0 Å². The van der Waals surface area contributed by atoms with Crippen LogP contribution in [0.4, 0.5) is 0 Å². The van der Waals surface area contributed by atoms with Gasteiger partial charge in [-0.05, 0) is 28.5 Å². The van der Waals surface area contributed by atoms with Crippen molar-refractivity contribution >= 4 is 39.2 Å². The topological polar surface area (TPSA) is 52.2 Å². The first kappa shape index (κ1) is 16.1. The lowest BCUT2D eigenvalue weighted by atomic mass is 10.1. The lowest BCUT2D eigenvalue weighted by molar-refractivity contribution is 0.853. The molecule has 27 heavy (non-hydrogen) atoms. The van der Waals surface area contributed by atoms with Crippen molar-refractivity contribution < 1.29 is 0 Å². The van der Waals surface area contributed by atoms with Crippen molar-refractivity contribution in [2.45, 2.75) is 10.9 Å². The van der Waals surface area contributed by atoms with Gasteiger partial charge in [0.25, 0.3) is 5.56 Å². The molecule has 2 aromatic heterocycles. The van der Waals surface area contributed by atoms with E-state index in [4.69, 9.17) is 0 Å². The number of rotatable bonds is 3. The lowest BCUT2D eigenvalue weighted by Gasteiger charge is -2.08. The normalized spacial score (nSPS) is 11.6. The van der Waals surface area contributed by atoms with Crippen LogP contribution in [0.5, 0.6) is 0 Å². The first-order valence-electron chi connectivity index (χ1n) is 8.66. The van der Waals surface area contributed by atoms with Gasteiger partial charge in [-0.15, -0.1) is 10.2 Å². The summed E-state index contributed by atoms with van der Waals surface area (Å²) in [4.78, 5) is 12.6. The number of para-hydroxylation sites is 1. The van der Waals surface area contributed by atoms with E-state index in [-0.39, 0.29) is 5.56 Å². The Balaban J connectivity index is 1.63. The summed E-state index contributed by atoms with van der Waals surface area (Å²) < 4.78 is 3.52. The number of hydrogen-bond donors (Lipinski definition) is 0. The Hall–Kier alpha value is -3.12. The number of aryl methyl sites for hydroxylation is 1. The van der Waals surface area contributed by atoms with Crippen molar-refractivity contribution in [3.05, 3.63) is 82.6 Å². The molecule has 0 radical (unpaired) electrons. The Morgan fingerprint density at radius 3 is 2.52 bits per heavy atom. The van der Waals surface area contributed by atoms with Crippen molar-refractivity contribution in [3.8, 4) is 0 Å². The maximum absolute atomic E-state index is 12.6. The second kappa shape index (κ2) is 6.25. The Morgan fingerprint density at radius 1 is 0.889 bits per heavy atom. The molecule has 5 aromatic rings. The fourth-order valence-corrected chi connectivity index (χ4v) is 4.41. The Morgan fingerprint density at radius 2 is 1.63 bits per heavy atom. The minimum atomic E-state index is -0.0592. The molecular formula is C21H16N4OS. The fourth-order valence-electron chi connectivity index (χ4n) is 3.47. The van der Waals surface area contributed by atoms with Crippen molar-refractivity contribution in [1.29, 1.82) is 0 Å². The van der Waals surface area contributed by atoms with Gasteiger partial charge in [-0.1, -0.05) is 66.4 Å². The molecule has 0 saturated heterocycles. The standard InChI is InChI=1S/C21H16N4OS/c1-24-19(26)17-11-4-5-12-18(17)25-20(24)22-23-21(25)27-13-15-9-6-8-14-7-2-3-10-16(14)15/h2-12H,13H2,1H3. The van der Waals surface area contributed by atoms with Crippen LogP contribution < -0.4 is 5.56 Å². The molecule has 0 saturated carbocycles. The van der Waals surface area contributed by atoms with Gasteiger partial charge in [0, 0.05) is 12.8 Å². The van der Waals surface area contributed by atoms with Gasteiger partial charge in [0.05, 0.1) is 10.9 Å². The zero-order valence-electron chi connectivity index (χ0n) is 14.7. The van der Waals surface area contributed by atoms with Crippen LogP contribution in [0.3, 0.4) is 0 Å². The molecule has 132 valence electrons. The quantitative estimate of drug-likeness (QED) is 0.449. The molecule has 0 spiro atoms. The first-order chi connectivity index (χ1) is 13.2. The summed E-state index contributed by atoms with van der Waals surface area (Å²) in [6.07, 6.45) is 0. The largest absolute Gasteiger partial charge is 0.279 e. The van der Waals surface area contributed by atoms with Crippen LogP contribution in [0.15, 0.2) is 76.7 Å². The van der Waals surface area contributed by atoms with E-state index in [9.17, 15) is 4.79 Å². The van der Waals surface area contributed by atoms with E-state index in [0.29, 0.717) is 11.2 Å². The van der Waals surface area contributed by atoms with E-state index in [1.165, 1.54) is 16.3 Å². The smallest absolute Gasteiger partial charge is 0.262 e. The van der Waals surface area contributed by atoms with Crippen LogP contribution >= 0.6 is 11.8 Å². The van der Waals surface area contributed by atoms with Crippen LogP contribution in [0.1, 0.15) is 5.56 Å². The molecule has 0 N–H and O–H groups in total. The van der Waals surface area contributed by atoms with Crippen molar-refractivity contribution in [1.82, 2.24) is 19.2 Å². The van der Waals surface area contributed by atoms with Crippen molar-refractivity contribution in [2.75, 3.05) is 0 Å². The van der Waals surface area contributed by atoms with E-state index in [2.05, 4.69) is 52.7 Å². The minimum Gasteiger partial charge on any atom is -0.279 e. The van der Waals surface area contributed by atoms with E-state index < -0.39 is 0 Å². The van der Waals surface area contributed by atoms with Crippen LogP contribution in [-0.4, -0.2) is 19.2 Å². The molecule has 2 heterocycles. The monoisotopic (exact) mass is 372 g/mol. The average molecular weight is 372 g/mol. The zero-order valence-corrected chi connectivity index (χ0v) is 15.5. The number of thioether (sulfide) groups is 1. The number of hydrogen-bond acceptors (Lipinski definition) is 4. The number of aromatic nitrogens is 4. The van der Waals surface area contributed by atoms with Crippen LogP contribution in [0.2, 0.25) is 0 Å². The molecule has 0 aliphatic heterocycles. The molecule has 3 aromatic carbocycles. The molecule has 0 atom stereocenters. The Bertz CT molecular complexity index is 1360. The van der Waals surface area contributed by atoms with Gasteiger partial charge >= 0.3 is 0 Å². The minimum absolute atomic E-state index is 0.0592. The van der Waals surface area contributed by atoms with Crippen LogP contribution in [0.25, 0.3) is 27.5 Å². The summed E-state index contributed by atoms with van der Waals surface area (Å²) in [5.41, 5.74) is 2.03. The summed E-state index contributed by atoms with van der Waals surface area (Å²) in [6.45, 7) is 0. The van der Waals surface area contributed by atoms with Gasteiger partial charge < -0.3 is 0 Å². The molecule has 0 amide bonds. The maximum Gasteiger partial charge on any atom is 0.262 e. The molecule has 6 heteroatoms. The van der Waals surface area contributed by atoms with Gasteiger partial charge in [-0.3, -0.25) is 13.8 Å². The van der Waals surface area contributed by atoms with Gasteiger partial charge in [-0.25, -0.2) is 0 Å². The number of fused-ring (bicyclic) bond motifs is 4. The fraction of sp³-hybridized carbons (Fsp3) is 0.0952. The van der Waals surface area contributed by atoms with Crippen LogP contribution in [-0.2, 0) is 12.8 Å². The highest BCUT2D eigenvalue weighted by Crippen LogP contribution is 2.28. The average Bonchev–Trinajstić information content (AvgIpc) is 3.15. The van der Waals surface area contributed by atoms with E-state index in [1.54, 1.807) is 23.4 Å². The van der Waals surface area contributed by atoms with E-state index in [1.807, 2.05) is 28.7 Å². The molecule has 0 unspecified atom stereocenters.